The van der Waals surface area contributed by atoms with Gasteiger partial charge in [0.25, 0.3) is 0 Å². The number of carbonyl (C=O) groups is 2. The standard InChI is InChI=1S/C23H20O3S/c1-23(2)13-27-12-17-9-7-15(11-20(17)23)21(24)18-5-3-4-14-6-8-16(22(25)26)10-19(14)18/h3-11H,12-13H2,1-2H3,(H,25,26). The molecule has 0 aromatic heterocycles. The third-order valence-electron chi connectivity index (χ3n) is 5.20. The Hall–Kier alpha value is -2.59. The minimum Gasteiger partial charge on any atom is -0.478 e. The van der Waals surface area contributed by atoms with Gasteiger partial charge in [-0.1, -0.05) is 50.2 Å². The summed E-state index contributed by atoms with van der Waals surface area (Å²) in [6, 6.07) is 16.4. The van der Waals surface area contributed by atoms with Crippen LogP contribution < -0.4 is 0 Å². The molecule has 3 nitrogen and oxygen atoms in total. The van der Waals surface area contributed by atoms with Crippen LogP contribution in [0.2, 0.25) is 0 Å². The fourth-order valence-electron chi connectivity index (χ4n) is 3.73. The van der Waals surface area contributed by atoms with Gasteiger partial charge >= 0.3 is 5.97 Å². The van der Waals surface area contributed by atoms with Crippen LogP contribution in [-0.4, -0.2) is 22.6 Å². The van der Waals surface area contributed by atoms with Gasteiger partial charge in [-0.15, -0.1) is 0 Å². The normalized spacial score (nSPS) is 15.3. The van der Waals surface area contributed by atoms with Gasteiger partial charge in [0.1, 0.15) is 0 Å². The highest BCUT2D eigenvalue weighted by molar-refractivity contribution is 7.98. The van der Waals surface area contributed by atoms with Gasteiger partial charge in [0, 0.05) is 22.6 Å². The van der Waals surface area contributed by atoms with E-state index in [-0.39, 0.29) is 16.8 Å². The first-order valence-electron chi connectivity index (χ1n) is 8.89. The Balaban J connectivity index is 1.84. The zero-order valence-electron chi connectivity index (χ0n) is 15.3. The van der Waals surface area contributed by atoms with E-state index < -0.39 is 5.97 Å². The SMILES string of the molecule is CC1(C)CSCc2ccc(C(=O)c3cccc4ccc(C(=O)O)cc34)cc21. The fraction of sp³-hybridized carbons (Fsp3) is 0.217. The summed E-state index contributed by atoms with van der Waals surface area (Å²) in [4.78, 5) is 24.6. The molecule has 1 aliphatic rings. The third kappa shape index (κ3) is 3.15. The van der Waals surface area contributed by atoms with E-state index in [1.807, 2.05) is 36.0 Å². The largest absolute Gasteiger partial charge is 0.478 e. The van der Waals surface area contributed by atoms with Crippen molar-refractivity contribution < 1.29 is 14.7 Å². The number of ketones is 1. The van der Waals surface area contributed by atoms with Crippen LogP contribution in [0.4, 0.5) is 0 Å². The van der Waals surface area contributed by atoms with E-state index >= 15 is 0 Å². The van der Waals surface area contributed by atoms with E-state index in [0.29, 0.717) is 16.5 Å². The Morgan fingerprint density at radius 3 is 2.56 bits per heavy atom. The number of hydrogen-bond acceptors (Lipinski definition) is 3. The van der Waals surface area contributed by atoms with Crippen LogP contribution in [0.3, 0.4) is 0 Å². The smallest absolute Gasteiger partial charge is 0.335 e. The third-order valence-corrected chi connectivity index (χ3v) is 6.64. The second-order valence-electron chi connectivity index (χ2n) is 7.62. The van der Waals surface area contributed by atoms with E-state index in [1.165, 1.54) is 11.1 Å². The van der Waals surface area contributed by atoms with Crippen molar-refractivity contribution in [3.8, 4) is 0 Å². The molecule has 1 heterocycles. The monoisotopic (exact) mass is 376 g/mol. The number of thioether (sulfide) groups is 1. The summed E-state index contributed by atoms with van der Waals surface area (Å²) in [7, 11) is 0. The van der Waals surface area contributed by atoms with Crippen molar-refractivity contribution >= 4 is 34.3 Å². The van der Waals surface area contributed by atoms with Gasteiger partial charge in [0.05, 0.1) is 5.56 Å². The van der Waals surface area contributed by atoms with Crippen LogP contribution in [-0.2, 0) is 11.2 Å². The van der Waals surface area contributed by atoms with Gasteiger partial charge in [-0.05, 0) is 45.5 Å². The maximum Gasteiger partial charge on any atom is 0.335 e. The lowest BCUT2D eigenvalue weighted by molar-refractivity contribution is 0.0696. The number of hydrogen-bond donors (Lipinski definition) is 1. The number of carboxylic acid groups (broad SMARTS) is 1. The molecular weight excluding hydrogens is 356 g/mol. The van der Waals surface area contributed by atoms with E-state index in [4.69, 9.17) is 0 Å². The van der Waals surface area contributed by atoms with Crippen molar-refractivity contribution in [2.45, 2.75) is 25.0 Å². The first kappa shape index (κ1) is 17.8. The van der Waals surface area contributed by atoms with Crippen molar-refractivity contribution in [3.05, 3.63) is 82.4 Å². The summed E-state index contributed by atoms with van der Waals surface area (Å²) in [6.07, 6.45) is 0. The molecule has 0 radical (unpaired) electrons. The molecule has 27 heavy (non-hydrogen) atoms. The average molecular weight is 376 g/mol. The van der Waals surface area contributed by atoms with Crippen LogP contribution in [0.15, 0.2) is 54.6 Å². The predicted octanol–water partition coefficient (Wildman–Crippen LogP) is 5.29. The van der Waals surface area contributed by atoms with Crippen LogP contribution >= 0.6 is 11.8 Å². The molecule has 3 aromatic carbocycles. The molecule has 0 aliphatic carbocycles. The van der Waals surface area contributed by atoms with E-state index in [1.54, 1.807) is 24.3 Å². The van der Waals surface area contributed by atoms with Crippen LogP contribution in [0, 0.1) is 0 Å². The lowest BCUT2D eigenvalue weighted by atomic mass is 9.81. The second-order valence-corrected chi connectivity index (χ2v) is 8.61. The maximum absolute atomic E-state index is 13.3. The average Bonchev–Trinajstić information content (AvgIpc) is 2.66. The number of carbonyl (C=O) groups excluding carboxylic acids is 1. The molecule has 1 N–H and O–H groups in total. The highest BCUT2D eigenvalue weighted by Crippen LogP contribution is 2.38. The first-order valence-corrected chi connectivity index (χ1v) is 10.0. The molecule has 3 aromatic rings. The topological polar surface area (TPSA) is 54.4 Å². The molecule has 4 heteroatoms. The van der Waals surface area contributed by atoms with Gasteiger partial charge in [-0.3, -0.25) is 4.79 Å². The number of carboxylic acids is 1. The minimum absolute atomic E-state index is 0.0315. The Morgan fingerprint density at radius 2 is 1.78 bits per heavy atom. The number of rotatable bonds is 3. The van der Waals surface area contributed by atoms with Crippen molar-refractivity contribution in [1.82, 2.24) is 0 Å². The van der Waals surface area contributed by atoms with Gasteiger partial charge in [0.2, 0.25) is 0 Å². The Morgan fingerprint density at radius 1 is 1.00 bits per heavy atom. The predicted molar refractivity (Wildman–Crippen MR) is 110 cm³/mol. The van der Waals surface area contributed by atoms with Gasteiger partial charge in [-0.2, -0.15) is 11.8 Å². The molecule has 0 saturated carbocycles. The molecule has 0 spiro atoms. The Kier molecular flexibility index (Phi) is 4.31. The summed E-state index contributed by atoms with van der Waals surface area (Å²) in [6.45, 7) is 4.42. The fourth-order valence-corrected chi connectivity index (χ4v) is 4.97. The lowest BCUT2D eigenvalue weighted by Gasteiger charge is -2.32. The number of fused-ring (bicyclic) bond motifs is 2. The van der Waals surface area contributed by atoms with Crippen LogP contribution in [0.25, 0.3) is 10.8 Å². The van der Waals surface area contributed by atoms with Crippen molar-refractivity contribution in [3.63, 3.8) is 0 Å². The zero-order valence-corrected chi connectivity index (χ0v) is 16.1. The van der Waals surface area contributed by atoms with Gasteiger partial charge < -0.3 is 5.11 Å². The van der Waals surface area contributed by atoms with Crippen molar-refractivity contribution in [2.24, 2.45) is 0 Å². The number of aromatic carboxylic acids is 1. The highest BCUT2D eigenvalue weighted by Gasteiger charge is 2.28. The first-order chi connectivity index (χ1) is 12.9. The quantitative estimate of drug-likeness (QED) is 0.631. The van der Waals surface area contributed by atoms with Gasteiger partial charge in [-0.25, -0.2) is 4.79 Å². The van der Waals surface area contributed by atoms with Crippen LogP contribution in [0.1, 0.15) is 51.3 Å². The van der Waals surface area contributed by atoms with Crippen LogP contribution in [0.5, 0.6) is 0 Å². The molecular formula is C23H20O3S. The molecule has 0 fully saturated rings. The number of benzene rings is 3. The summed E-state index contributed by atoms with van der Waals surface area (Å²) in [5, 5.41) is 10.8. The molecule has 4 rings (SSSR count). The summed E-state index contributed by atoms with van der Waals surface area (Å²) in [5.41, 5.74) is 3.94. The molecule has 0 atom stereocenters. The lowest BCUT2D eigenvalue weighted by Crippen LogP contribution is -2.26. The summed E-state index contributed by atoms with van der Waals surface area (Å²) < 4.78 is 0. The summed E-state index contributed by atoms with van der Waals surface area (Å²) >= 11 is 1.92. The molecule has 0 amide bonds. The van der Waals surface area contributed by atoms with E-state index in [0.717, 1.165) is 16.9 Å². The molecule has 0 unspecified atom stereocenters. The Labute approximate surface area is 162 Å². The Bertz CT molecular complexity index is 1080. The molecule has 136 valence electrons. The van der Waals surface area contributed by atoms with Gasteiger partial charge in [0.15, 0.2) is 5.78 Å². The zero-order chi connectivity index (χ0) is 19.2. The van der Waals surface area contributed by atoms with E-state index in [9.17, 15) is 14.7 Å². The van der Waals surface area contributed by atoms with E-state index in [2.05, 4.69) is 19.9 Å². The molecule has 0 saturated heterocycles. The highest BCUT2D eigenvalue weighted by atomic mass is 32.2. The molecule has 0 bridgehead atoms. The van der Waals surface area contributed by atoms with Crippen molar-refractivity contribution in [1.29, 1.82) is 0 Å². The minimum atomic E-state index is -0.993. The second kappa shape index (κ2) is 6.54. The molecule has 1 aliphatic heterocycles. The van der Waals surface area contributed by atoms with Crippen molar-refractivity contribution in [2.75, 3.05) is 5.75 Å². The maximum atomic E-state index is 13.3. The summed E-state index contributed by atoms with van der Waals surface area (Å²) in [5.74, 6) is 0.948.